The Bertz CT molecular complexity index is 1110. The number of nitrogens with one attached hydrogen (secondary N) is 1. The Labute approximate surface area is 182 Å². The van der Waals surface area contributed by atoms with Gasteiger partial charge in [0.2, 0.25) is 0 Å². The Hall–Kier alpha value is -3.65. The molecule has 0 bridgehead atoms. The molecule has 3 atom stereocenters. The third-order valence-corrected chi connectivity index (χ3v) is 5.13. The zero-order chi connectivity index (χ0) is 22.8. The lowest BCUT2D eigenvalue weighted by atomic mass is 9.95. The van der Waals surface area contributed by atoms with Crippen molar-refractivity contribution in [3.05, 3.63) is 108 Å². The number of nitrogens with zero attached hydrogens (tertiary/aromatic N) is 1. The van der Waals surface area contributed by atoms with Crippen molar-refractivity contribution in [2.45, 2.75) is 24.0 Å². The van der Waals surface area contributed by atoms with Crippen molar-refractivity contribution in [3.63, 3.8) is 0 Å². The largest absolute Gasteiger partial charge is 0.491 e. The first-order chi connectivity index (χ1) is 15.3. The maximum atomic E-state index is 13.0. The fraction of sp³-hybridized carbons (Fsp3) is 0.167. The van der Waals surface area contributed by atoms with Gasteiger partial charge in [0.05, 0.1) is 6.04 Å². The van der Waals surface area contributed by atoms with E-state index in [4.69, 9.17) is 0 Å². The summed E-state index contributed by atoms with van der Waals surface area (Å²) in [7, 11) is 0. The molecule has 3 aromatic carbocycles. The SMILES string of the molecule is O=C(OC(O)(C1=NC(c2ccccc2)C(c2ccccc2)N1)c1ccccc1)C(F)(F)F. The summed E-state index contributed by atoms with van der Waals surface area (Å²) in [6.07, 6.45) is -5.29. The van der Waals surface area contributed by atoms with Crippen LogP contribution in [-0.4, -0.2) is 23.1 Å². The van der Waals surface area contributed by atoms with E-state index in [0.717, 1.165) is 11.1 Å². The molecule has 0 aliphatic carbocycles. The molecule has 1 aliphatic rings. The van der Waals surface area contributed by atoms with Gasteiger partial charge in [-0.15, -0.1) is 0 Å². The van der Waals surface area contributed by atoms with Crippen LogP contribution in [0.2, 0.25) is 0 Å². The molecule has 2 N–H and O–H groups in total. The Morgan fingerprint density at radius 3 is 1.88 bits per heavy atom. The molecular weight excluding hydrogens is 421 g/mol. The lowest BCUT2D eigenvalue weighted by Crippen LogP contribution is -2.48. The number of aliphatic hydroxyl groups is 1. The van der Waals surface area contributed by atoms with Crippen molar-refractivity contribution in [1.29, 1.82) is 0 Å². The van der Waals surface area contributed by atoms with E-state index in [9.17, 15) is 23.1 Å². The normalized spacial score (nSPS) is 20.1. The maximum absolute atomic E-state index is 13.0. The Kier molecular flexibility index (Phi) is 5.71. The van der Waals surface area contributed by atoms with Crippen LogP contribution in [0, 0.1) is 0 Å². The molecule has 164 valence electrons. The van der Waals surface area contributed by atoms with Crippen molar-refractivity contribution in [2.75, 3.05) is 0 Å². The van der Waals surface area contributed by atoms with Gasteiger partial charge in [-0.25, -0.2) is 4.79 Å². The highest BCUT2D eigenvalue weighted by Gasteiger charge is 2.51. The van der Waals surface area contributed by atoms with Gasteiger partial charge in [0, 0.05) is 5.56 Å². The van der Waals surface area contributed by atoms with Crippen LogP contribution in [0.25, 0.3) is 0 Å². The summed E-state index contributed by atoms with van der Waals surface area (Å²) < 4.78 is 43.7. The van der Waals surface area contributed by atoms with Crippen LogP contribution >= 0.6 is 0 Å². The number of alkyl halides is 3. The number of carbonyl (C=O) groups excluding carboxylic acids is 1. The molecule has 4 rings (SSSR count). The second-order valence-electron chi connectivity index (χ2n) is 7.26. The van der Waals surface area contributed by atoms with E-state index in [1.54, 1.807) is 6.07 Å². The van der Waals surface area contributed by atoms with Crippen LogP contribution in [0.3, 0.4) is 0 Å². The molecule has 0 saturated heterocycles. The van der Waals surface area contributed by atoms with Crippen molar-refractivity contribution in [1.82, 2.24) is 5.32 Å². The van der Waals surface area contributed by atoms with E-state index in [2.05, 4.69) is 15.0 Å². The van der Waals surface area contributed by atoms with Crippen molar-refractivity contribution >= 4 is 11.8 Å². The van der Waals surface area contributed by atoms with E-state index >= 15 is 0 Å². The topological polar surface area (TPSA) is 70.9 Å². The monoisotopic (exact) mass is 440 g/mol. The Morgan fingerprint density at radius 1 is 0.844 bits per heavy atom. The van der Waals surface area contributed by atoms with Crippen LogP contribution in [0.5, 0.6) is 0 Å². The molecule has 0 spiro atoms. The maximum Gasteiger partial charge on any atom is 0.491 e. The van der Waals surface area contributed by atoms with Gasteiger partial charge in [0.25, 0.3) is 5.79 Å². The van der Waals surface area contributed by atoms with Crippen LogP contribution in [0.15, 0.2) is 96.0 Å². The quantitative estimate of drug-likeness (QED) is 0.455. The molecule has 32 heavy (non-hydrogen) atoms. The summed E-state index contributed by atoms with van der Waals surface area (Å²) in [5.74, 6) is -5.57. The molecule has 0 radical (unpaired) electrons. The van der Waals surface area contributed by atoms with Gasteiger partial charge in [0.1, 0.15) is 6.04 Å². The second kappa shape index (κ2) is 8.47. The first kappa shape index (κ1) is 21.6. The standard InChI is InChI=1S/C24H19F3N2O3/c25-24(26,27)22(30)32-23(31,18-14-8-3-9-15-18)21-28-19(16-10-4-1-5-11-16)20(29-21)17-12-6-2-7-13-17/h1-15,19-20,31H,(H,28,29). The number of halogens is 3. The number of amidine groups is 1. The zero-order valence-corrected chi connectivity index (χ0v) is 16.7. The lowest BCUT2D eigenvalue weighted by Gasteiger charge is -2.29. The molecule has 1 heterocycles. The molecule has 1 aliphatic heterocycles. The Balaban J connectivity index is 1.81. The minimum atomic E-state index is -5.29. The highest BCUT2D eigenvalue weighted by molar-refractivity contribution is 5.94. The molecule has 3 aromatic rings. The molecule has 0 aromatic heterocycles. The smallest absolute Gasteiger partial charge is 0.414 e. The van der Waals surface area contributed by atoms with Gasteiger partial charge >= 0.3 is 12.1 Å². The summed E-state index contributed by atoms with van der Waals surface area (Å²) in [5.41, 5.74) is 1.52. The molecule has 0 fully saturated rings. The fourth-order valence-electron chi connectivity index (χ4n) is 3.61. The number of carbonyl (C=O) groups is 1. The fourth-order valence-corrected chi connectivity index (χ4v) is 3.61. The summed E-state index contributed by atoms with van der Waals surface area (Å²) in [5, 5.41) is 14.3. The van der Waals surface area contributed by atoms with Crippen LogP contribution in [0.1, 0.15) is 28.8 Å². The summed E-state index contributed by atoms with van der Waals surface area (Å²) in [6, 6.07) is 24.6. The van der Waals surface area contributed by atoms with Crippen molar-refractivity contribution in [2.24, 2.45) is 4.99 Å². The van der Waals surface area contributed by atoms with Gasteiger partial charge in [-0.3, -0.25) is 4.99 Å². The van der Waals surface area contributed by atoms with E-state index in [1.165, 1.54) is 24.3 Å². The average molecular weight is 440 g/mol. The number of esters is 1. The molecule has 8 heteroatoms. The Morgan fingerprint density at radius 2 is 1.34 bits per heavy atom. The minimum absolute atomic E-state index is 0.0654. The van der Waals surface area contributed by atoms with E-state index in [1.807, 2.05) is 60.7 Å². The molecule has 3 unspecified atom stereocenters. The van der Waals surface area contributed by atoms with Gasteiger partial charge in [-0.05, 0) is 11.1 Å². The summed E-state index contributed by atoms with van der Waals surface area (Å²) in [6.45, 7) is 0. The molecule has 5 nitrogen and oxygen atoms in total. The minimum Gasteiger partial charge on any atom is -0.414 e. The third kappa shape index (κ3) is 4.22. The van der Waals surface area contributed by atoms with Gasteiger partial charge in [-0.1, -0.05) is 91.0 Å². The van der Waals surface area contributed by atoms with Crippen LogP contribution in [0.4, 0.5) is 13.2 Å². The zero-order valence-electron chi connectivity index (χ0n) is 16.7. The summed E-state index contributed by atoms with van der Waals surface area (Å²) in [4.78, 5) is 16.2. The number of benzene rings is 3. The van der Waals surface area contributed by atoms with Gasteiger partial charge < -0.3 is 15.2 Å². The molecular formula is C24H19F3N2O3. The number of rotatable bonds is 5. The predicted molar refractivity (Wildman–Crippen MR) is 111 cm³/mol. The molecule has 0 amide bonds. The predicted octanol–water partition coefficient (Wildman–Crippen LogP) is 4.42. The number of hydrogen-bond donors (Lipinski definition) is 2. The van der Waals surface area contributed by atoms with Gasteiger partial charge in [0.15, 0.2) is 5.84 Å². The van der Waals surface area contributed by atoms with Crippen LogP contribution in [-0.2, 0) is 15.3 Å². The number of hydrogen-bond acceptors (Lipinski definition) is 5. The van der Waals surface area contributed by atoms with Crippen molar-refractivity contribution < 1.29 is 27.8 Å². The number of aliphatic imine (C=N–C) groups is 1. The van der Waals surface area contributed by atoms with E-state index < -0.39 is 30.0 Å². The third-order valence-electron chi connectivity index (χ3n) is 5.13. The average Bonchev–Trinajstić information content (AvgIpc) is 3.26. The van der Waals surface area contributed by atoms with Crippen molar-refractivity contribution in [3.8, 4) is 0 Å². The van der Waals surface area contributed by atoms with E-state index in [-0.39, 0.29) is 11.4 Å². The highest BCUT2D eigenvalue weighted by atomic mass is 19.4. The highest BCUT2D eigenvalue weighted by Crippen LogP contribution is 2.40. The van der Waals surface area contributed by atoms with Crippen LogP contribution < -0.4 is 5.32 Å². The lowest BCUT2D eigenvalue weighted by molar-refractivity contribution is -0.233. The second-order valence-corrected chi connectivity index (χ2v) is 7.26. The first-order valence-corrected chi connectivity index (χ1v) is 9.82. The van der Waals surface area contributed by atoms with Gasteiger partial charge in [-0.2, -0.15) is 13.2 Å². The molecule has 0 saturated carbocycles. The summed E-state index contributed by atoms with van der Waals surface area (Å²) >= 11 is 0. The van der Waals surface area contributed by atoms with E-state index in [0.29, 0.717) is 0 Å². The number of ether oxygens (including phenoxy) is 1. The first-order valence-electron chi connectivity index (χ1n) is 9.82.